The summed E-state index contributed by atoms with van der Waals surface area (Å²) in [5.74, 6) is -1.87. The van der Waals surface area contributed by atoms with Crippen LogP contribution in [0, 0.1) is 25.5 Å². The third-order valence-corrected chi connectivity index (χ3v) is 10.7. The van der Waals surface area contributed by atoms with Crippen molar-refractivity contribution in [1.82, 2.24) is 49.8 Å². The van der Waals surface area contributed by atoms with E-state index in [1.54, 1.807) is 30.9 Å². The number of alkyl halides is 6. The van der Waals surface area contributed by atoms with E-state index in [1.807, 2.05) is 80.6 Å². The number of rotatable bonds is 8. The summed E-state index contributed by atoms with van der Waals surface area (Å²) in [5, 5.41) is 0. The number of imidazole rings is 2. The number of pyridine rings is 2. The minimum absolute atomic E-state index is 0.0512. The molecule has 0 radical (unpaired) electrons. The van der Waals surface area contributed by atoms with Gasteiger partial charge in [0.1, 0.15) is 23.3 Å². The van der Waals surface area contributed by atoms with Crippen LogP contribution in [-0.2, 0) is 25.2 Å². The molecule has 0 aliphatic heterocycles. The van der Waals surface area contributed by atoms with Gasteiger partial charge in [-0.1, -0.05) is 42.5 Å². The maximum absolute atomic E-state index is 14.6. The molecule has 0 unspecified atom stereocenters. The van der Waals surface area contributed by atoms with Crippen molar-refractivity contribution in [2.75, 3.05) is 0 Å². The topological polar surface area (TPSA) is 135 Å². The molecule has 0 aliphatic carbocycles. The van der Waals surface area contributed by atoms with Gasteiger partial charge < -0.3 is 9.97 Å². The van der Waals surface area contributed by atoms with Crippen molar-refractivity contribution in [1.29, 1.82) is 0 Å². The van der Waals surface area contributed by atoms with Crippen LogP contribution in [0.5, 0.6) is 0 Å². The minimum Gasteiger partial charge on any atom is -0.340 e. The molecular weight excluding hydrogens is 893 g/mol. The maximum Gasteiger partial charge on any atom is 0.419 e. The maximum atomic E-state index is 14.6. The number of fused-ring (bicyclic) bond motifs is 2. The van der Waals surface area contributed by atoms with Gasteiger partial charge in [0.2, 0.25) is 0 Å². The Labute approximate surface area is 381 Å². The molecule has 0 amide bonds. The lowest BCUT2D eigenvalue weighted by molar-refractivity contribution is -0.140. The molecule has 0 aliphatic rings. The monoisotopic (exact) mass is 926 g/mol. The second-order valence-electron chi connectivity index (χ2n) is 15.6. The number of H-pyrrole nitrogens is 2. The first kappa shape index (κ1) is 44.9. The van der Waals surface area contributed by atoms with Crippen LogP contribution in [0.25, 0.3) is 67.4 Å². The van der Waals surface area contributed by atoms with Crippen molar-refractivity contribution in [2.45, 2.75) is 39.0 Å². The average Bonchev–Trinajstić information content (AvgIpc) is 3.94. The van der Waals surface area contributed by atoms with Crippen LogP contribution in [0.2, 0.25) is 0 Å². The molecule has 340 valence electrons. The lowest BCUT2D eigenvalue weighted by atomic mass is 10.1. The Morgan fingerprint density at radius 2 is 0.956 bits per heavy atom. The first-order valence-electron chi connectivity index (χ1n) is 20.8. The second kappa shape index (κ2) is 18.2. The Kier molecular flexibility index (Phi) is 12.0. The number of aryl methyl sites for hydroxylation is 2. The summed E-state index contributed by atoms with van der Waals surface area (Å²) < 4.78 is 107. The zero-order chi connectivity index (χ0) is 47.7. The van der Waals surface area contributed by atoms with Gasteiger partial charge in [-0.2, -0.15) is 26.3 Å². The van der Waals surface area contributed by atoms with Crippen LogP contribution < -0.4 is 0 Å². The van der Waals surface area contributed by atoms with E-state index >= 15 is 0 Å². The van der Waals surface area contributed by atoms with E-state index in [0.29, 0.717) is 62.4 Å². The highest BCUT2D eigenvalue weighted by molar-refractivity contribution is 5.86. The van der Waals surface area contributed by atoms with Crippen LogP contribution in [-0.4, -0.2) is 49.8 Å². The van der Waals surface area contributed by atoms with Crippen LogP contribution in [0.15, 0.2) is 134 Å². The summed E-state index contributed by atoms with van der Waals surface area (Å²) in [6, 6.07) is 28.3. The molecule has 0 saturated carbocycles. The molecule has 10 nitrogen and oxygen atoms in total. The average molecular weight is 927 g/mol. The first-order chi connectivity index (χ1) is 32.6. The van der Waals surface area contributed by atoms with E-state index in [1.165, 1.54) is 18.2 Å². The quantitative estimate of drug-likeness (QED) is 0.144. The van der Waals surface area contributed by atoms with E-state index in [-0.39, 0.29) is 24.0 Å². The highest BCUT2D eigenvalue weighted by Gasteiger charge is 2.36. The zero-order valence-electron chi connectivity index (χ0n) is 35.7. The molecule has 18 heteroatoms. The number of nitrogens with one attached hydrogen (secondary N) is 2. The molecule has 0 spiro atoms. The number of benzene rings is 4. The summed E-state index contributed by atoms with van der Waals surface area (Å²) in [6.07, 6.45) is -3.28. The van der Waals surface area contributed by atoms with Crippen LogP contribution in [0.4, 0.5) is 35.1 Å². The number of nitrogens with zero attached hydrogens (tertiary/aromatic N) is 8. The molecule has 0 fully saturated rings. The van der Waals surface area contributed by atoms with E-state index in [0.717, 1.165) is 46.2 Å². The summed E-state index contributed by atoms with van der Waals surface area (Å²) in [6.45, 7) is 3.72. The normalized spacial score (nSPS) is 11.8. The molecule has 0 saturated heterocycles. The summed E-state index contributed by atoms with van der Waals surface area (Å²) in [4.78, 5) is 42.0. The Bertz CT molecular complexity index is 3460. The SMILES string of the molecule is Cc1cccc(-c2[nH]c(Cc3ccc(F)c(C(F)(F)F)c3)nc2-c2ccc3nccnc3c2)n1.Cc1cccc(-c2[nH]c(Cc3cccc(C(F)(F)F)c3F)nc2-c2ccc3nccnc3c2)n1. The third kappa shape index (κ3) is 9.65. The van der Waals surface area contributed by atoms with Gasteiger partial charge in [-0.15, -0.1) is 0 Å². The van der Waals surface area contributed by atoms with Gasteiger partial charge in [-0.25, -0.2) is 18.7 Å². The molecule has 2 N–H and O–H groups in total. The van der Waals surface area contributed by atoms with Crippen molar-refractivity contribution < 1.29 is 35.1 Å². The largest absolute Gasteiger partial charge is 0.419 e. The van der Waals surface area contributed by atoms with Crippen molar-refractivity contribution in [3.63, 3.8) is 0 Å². The Balaban J connectivity index is 0.000000170. The molecule has 4 aromatic carbocycles. The van der Waals surface area contributed by atoms with Crippen LogP contribution in [0.1, 0.15) is 45.3 Å². The molecule has 10 aromatic rings. The van der Waals surface area contributed by atoms with Crippen molar-refractivity contribution >= 4 is 22.1 Å². The number of hydrogen-bond donors (Lipinski definition) is 2. The lowest BCUT2D eigenvalue weighted by Gasteiger charge is -2.10. The fourth-order valence-corrected chi connectivity index (χ4v) is 7.59. The number of aromatic nitrogens is 10. The molecular formula is C50H34F8N10. The Morgan fingerprint density at radius 3 is 1.46 bits per heavy atom. The number of hydrogen-bond acceptors (Lipinski definition) is 8. The van der Waals surface area contributed by atoms with Gasteiger partial charge in [0.15, 0.2) is 0 Å². The molecule has 6 aromatic heterocycles. The summed E-state index contributed by atoms with van der Waals surface area (Å²) in [5.41, 5.74) is 6.99. The van der Waals surface area contributed by atoms with Crippen LogP contribution in [0.3, 0.4) is 0 Å². The summed E-state index contributed by atoms with van der Waals surface area (Å²) >= 11 is 0. The van der Waals surface area contributed by atoms with Crippen molar-refractivity contribution in [3.05, 3.63) is 191 Å². The predicted molar refractivity (Wildman–Crippen MR) is 239 cm³/mol. The predicted octanol–water partition coefficient (Wildman–Crippen LogP) is 12.3. The molecule has 0 atom stereocenters. The second-order valence-corrected chi connectivity index (χ2v) is 15.6. The molecule has 10 rings (SSSR count). The first-order valence-corrected chi connectivity index (χ1v) is 20.8. The lowest BCUT2D eigenvalue weighted by Crippen LogP contribution is -2.10. The van der Waals surface area contributed by atoms with Gasteiger partial charge >= 0.3 is 12.4 Å². The van der Waals surface area contributed by atoms with Gasteiger partial charge in [0.05, 0.1) is 67.4 Å². The number of aromatic amines is 2. The van der Waals surface area contributed by atoms with Gasteiger partial charge in [-0.05, 0) is 91.7 Å². The van der Waals surface area contributed by atoms with Gasteiger partial charge in [0.25, 0.3) is 0 Å². The molecule has 0 bridgehead atoms. The Morgan fingerprint density at radius 1 is 0.471 bits per heavy atom. The number of halogens is 8. The van der Waals surface area contributed by atoms with E-state index < -0.39 is 35.1 Å². The Hall–Kier alpha value is -8.28. The molecule has 6 heterocycles. The van der Waals surface area contributed by atoms with E-state index in [2.05, 4.69) is 49.8 Å². The smallest absolute Gasteiger partial charge is 0.340 e. The minimum atomic E-state index is -4.78. The van der Waals surface area contributed by atoms with Crippen LogP contribution >= 0.6 is 0 Å². The third-order valence-electron chi connectivity index (χ3n) is 10.7. The van der Waals surface area contributed by atoms with E-state index in [9.17, 15) is 35.1 Å². The van der Waals surface area contributed by atoms with Gasteiger partial charge in [-0.3, -0.25) is 29.9 Å². The van der Waals surface area contributed by atoms with E-state index in [4.69, 9.17) is 0 Å². The highest BCUT2D eigenvalue weighted by Crippen LogP contribution is 2.36. The fourth-order valence-electron chi connectivity index (χ4n) is 7.59. The molecule has 68 heavy (non-hydrogen) atoms. The standard InChI is InChI=1S/2C25H17F4N5/c1-14-4-2-7-19(32-14)24-23(16-8-9-18-20(12-16)31-11-10-30-18)33-21(34-24)13-15-5-3-6-17(22(15)26)25(27,28)29;1-14-3-2-4-20(32-14)24-23(16-6-8-19-21(13-16)31-10-9-30-19)33-22(34-24)12-15-5-7-18(26)17(11-15)25(27,28)29/h2-12H,13H2,1H3,(H,33,34);2-11,13H,12H2,1H3,(H,33,34). The van der Waals surface area contributed by atoms with Crippen molar-refractivity contribution in [2.24, 2.45) is 0 Å². The van der Waals surface area contributed by atoms with Crippen molar-refractivity contribution in [3.8, 4) is 45.3 Å². The highest BCUT2D eigenvalue weighted by atomic mass is 19.4. The van der Waals surface area contributed by atoms with Gasteiger partial charge in [0, 0.05) is 60.1 Å². The fraction of sp³-hybridized carbons (Fsp3) is 0.120. The summed E-state index contributed by atoms with van der Waals surface area (Å²) in [7, 11) is 0. The zero-order valence-corrected chi connectivity index (χ0v) is 35.7.